The lowest BCUT2D eigenvalue weighted by molar-refractivity contribution is 0.124. The van der Waals surface area contributed by atoms with Crippen molar-refractivity contribution in [3.05, 3.63) is 52.5 Å². The molecule has 0 aliphatic carbocycles. The molecular weight excluding hydrogens is 368 g/mol. The maximum atomic E-state index is 11.4. The maximum absolute atomic E-state index is 11.4. The van der Waals surface area contributed by atoms with E-state index in [0.717, 1.165) is 35.0 Å². The van der Waals surface area contributed by atoms with Crippen molar-refractivity contribution in [3.63, 3.8) is 0 Å². The van der Waals surface area contributed by atoms with Gasteiger partial charge in [0, 0.05) is 35.8 Å². The Hall–Kier alpha value is -3.78. The van der Waals surface area contributed by atoms with Crippen LogP contribution in [0.1, 0.15) is 31.2 Å². The number of aromatic nitrogens is 2. The second kappa shape index (κ2) is 7.33. The number of carbonyl (C=O) groups is 1. The number of hydrogen-bond donors (Lipinski definition) is 3. The molecule has 1 fully saturated rings. The summed E-state index contributed by atoms with van der Waals surface area (Å²) in [5.41, 5.74) is 4.13. The summed E-state index contributed by atoms with van der Waals surface area (Å²) in [4.78, 5) is 12.8. The minimum Gasteiger partial charge on any atom is -0.465 e. The first-order valence-corrected chi connectivity index (χ1v) is 9.46. The van der Waals surface area contributed by atoms with Crippen molar-refractivity contribution in [1.29, 1.82) is 10.5 Å². The number of hydrogen-bond acceptors (Lipinski definition) is 5. The standard InChI is InChI=1S/C21H20N6O2/c1-12-16(8-22)19(13-4-5-18-15(7-13)10-24-26-18)17(9-23)20(25-12)14-3-2-6-27(11-14)21(28)29/h4-5,7,10,14,19,25H,2-3,6,11H2,1H3,(H,24,26)(H,28,29). The fraction of sp³-hybridized carbons (Fsp3) is 0.333. The number of benzene rings is 1. The predicted octanol–water partition coefficient (Wildman–Crippen LogP) is 3.21. The first-order valence-electron chi connectivity index (χ1n) is 9.46. The van der Waals surface area contributed by atoms with Crippen molar-refractivity contribution >= 4 is 17.0 Å². The minimum atomic E-state index is -0.948. The monoisotopic (exact) mass is 388 g/mol. The lowest BCUT2D eigenvalue weighted by Crippen LogP contribution is -2.42. The van der Waals surface area contributed by atoms with Crippen molar-refractivity contribution < 1.29 is 9.90 Å². The Morgan fingerprint density at radius 3 is 2.83 bits per heavy atom. The molecule has 1 saturated heterocycles. The molecule has 146 valence electrons. The van der Waals surface area contributed by atoms with Gasteiger partial charge in [0.1, 0.15) is 0 Å². The van der Waals surface area contributed by atoms with Crippen LogP contribution in [0.5, 0.6) is 0 Å². The second-order valence-corrected chi connectivity index (χ2v) is 7.43. The van der Waals surface area contributed by atoms with Crippen molar-refractivity contribution in [2.24, 2.45) is 5.92 Å². The van der Waals surface area contributed by atoms with E-state index in [0.29, 0.717) is 29.9 Å². The normalized spacial score (nSPS) is 22.2. The summed E-state index contributed by atoms with van der Waals surface area (Å²) in [6, 6.07) is 10.3. The van der Waals surface area contributed by atoms with Gasteiger partial charge in [-0.25, -0.2) is 4.79 Å². The lowest BCUT2D eigenvalue weighted by Gasteiger charge is -2.36. The van der Waals surface area contributed by atoms with Crippen LogP contribution >= 0.6 is 0 Å². The molecule has 2 unspecified atom stereocenters. The highest BCUT2D eigenvalue weighted by Crippen LogP contribution is 2.41. The number of aromatic amines is 1. The number of likely N-dealkylation sites (tertiary alicyclic amines) is 1. The molecule has 1 amide bonds. The van der Waals surface area contributed by atoms with E-state index in [-0.39, 0.29) is 5.92 Å². The predicted molar refractivity (Wildman–Crippen MR) is 105 cm³/mol. The van der Waals surface area contributed by atoms with Gasteiger partial charge in [-0.1, -0.05) is 6.07 Å². The van der Waals surface area contributed by atoms with Gasteiger partial charge < -0.3 is 15.3 Å². The molecule has 8 nitrogen and oxygen atoms in total. The first-order chi connectivity index (χ1) is 14.0. The van der Waals surface area contributed by atoms with E-state index >= 15 is 0 Å². The summed E-state index contributed by atoms with van der Waals surface area (Å²) in [6.45, 7) is 2.67. The van der Waals surface area contributed by atoms with Gasteiger partial charge in [-0.3, -0.25) is 5.10 Å². The Labute approximate surface area is 167 Å². The summed E-state index contributed by atoms with van der Waals surface area (Å²) in [5, 5.41) is 40.3. The zero-order valence-electron chi connectivity index (χ0n) is 15.9. The summed E-state index contributed by atoms with van der Waals surface area (Å²) in [5.74, 6) is -0.592. The molecule has 2 aromatic rings. The van der Waals surface area contributed by atoms with E-state index in [1.807, 2.05) is 25.1 Å². The van der Waals surface area contributed by atoms with Crippen LogP contribution in [0, 0.1) is 28.6 Å². The summed E-state index contributed by atoms with van der Waals surface area (Å²) in [7, 11) is 0. The van der Waals surface area contributed by atoms with Crippen LogP contribution in [0.2, 0.25) is 0 Å². The number of rotatable bonds is 2. The number of carboxylic acid groups (broad SMARTS) is 1. The SMILES string of the molecule is CC1=C(C#N)C(c2ccc3[nH]ncc3c2)C(C#N)=C(C2CCCN(C(=O)O)C2)N1. The van der Waals surface area contributed by atoms with E-state index in [2.05, 4.69) is 27.7 Å². The van der Waals surface area contributed by atoms with Crippen LogP contribution in [-0.4, -0.2) is 39.4 Å². The molecular formula is C21H20N6O2. The molecule has 0 radical (unpaired) electrons. The van der Waals surface area contributed by atoms with Crippen LogP contribution in [0.3, 0.4) is 0 Å². The van der Waals surface area contributed by atoms with E-state index < -0.39 is 12.0 Å². The summed E-state index contributed by atoms with van der Waals surface area (Å²) in [6.07, 6.45) is 2.29. The van der Waals surface area contributed by atoms with Crippen LogP contribution in [0.25, 0.3) is 10.9 Å². The van der Waals surface area contributed by atoms with Crippen LogP contribution in [0.15, 0.2) is 46.9 Å². The number of piperidine rings is 1. The van der Waals surface area contributed by atoms with E-state index in [4.69, 9.17) is 0 Å². The minimum absolute atomic E-state index is 0.107. The third-order valence-electron chi connectivity index (χ3n) is 5.73. The van der Waals surface area contributed by atoms with E-state index in [1.54, 1.807) is 6.20 Å². The number of fused-ring (bicyclic) bond motifs is 1. The van der Waals surface area contributed by atoms with Gasteiger partial charge in [0.25, 0.3) is 0 Å². The molecule has 8 heteroatoms. The lowest BCUT2D eigenvalue weighted by atomic mass is 9.78. The highest BCUT2D eigenvalue weighted by atomic mass is 16.4. The third kappa shape index (κ3) is 3.19. The van der Waals surface area contributed by atoms with Crippen LogP contribution < -0.4 is 5.32 Å². The molecule has 0 bridgehead atoms. The largest absolute Gasteiger partial charge is 0.465 e. The molecule has 0 saturated carbocycles. The number of amides is 1. The smallest absolute Gasteiger partial charge is 0.407 e. The molecule has 29 heavy (non-hydrogen) atoms. The number of dihydropyridines is 1. The quantitative estimate of drug-likeness (QED) is 0.724. The Balaban J connectivity index is 1.82. The third-order valence-corrected chi connectivity index (χ3v) is 5.73. The molecule has 2 aliphatic rings. The number of allylic oxidation sites excluding steroid dienone is 3. The topological polar surface area (TPSA) is 129 Å². The van der Waals surface area contributed by atoms with E-state index in [9.17, 15) is 20.4 Å². The highest BCUT2D eigenvalue weighted by molar-refractivity contribution is 5.79. The van der Waals surface area contributed by atoms with Crippen LogP contribution in [0.4, 0.5) is 4.79 Å². The van der Waals surface area contributed by atoms with Gasteiger partial charge in [0.15, 0.2) is 0 Å². The Kier molecular flexibility index (Phi) is 4.69. The number of nitriles is 2. The van der Waals surface area contributed by atoms with E-state index in [1.165, 1.54) is 4.90 Å². The fourth-order valence-electron chi connectivity index (χ4n) is 4.31. The Morgan fingerprint density at radius 1 is 1.31 bits per heavy atom. The van der Waals surface area contributed by atoms with Crippen molar-refractivity contribution in [2.75, 3.05) is 13.1 Å². The number of nitrogens with zero attached hydrogens (tertiary/aromatic N) is 4. The van der Waals surface area contributed by atoms with Gasteiger partial charge in [0.2, 0.25) is 0 Å². The summed E-state index contributed by atoms with van der Waals surface area (Å²) < 4.78 is 0. The molecule has 4 rings (SSSR count). The highest BCUT2D eigenvalue weighted by Gasteiger charge is 2.35. The fourth-order valence-corrected chi connectivity index (χ4v) is 4.31. The van der Waals surface area contributed by atoms with Gasteiger partial charge in [-0.05, 0) is 37.5 Å². The number of nitrogens with one attached hydrogen (secondary N) is 2. The Bertz CT molecular complexity index is 1130. The molecule has 3 N–H and O–H groups in total. The Morgan fingerprint density at radius 2 is 2.10 bits per heavy atom. The average molecular weight is 388 g/mol. The van der Waals surface area contributed by atoms with Crippen molar-refractivity contribution in [3.8, 4) is 12.1 Å². The average Bonchev–Trinajstić information content (AvgIpc) is 3.20. The van der Waals surface area contributed by atoms with Crippen molar-refractivity contribution in [2.45, 2.75) is 25.7 Å². The molecule has 3 heterocycles. The molecule has 1 aromatic carbocycles. The van der Waals surface area contributed by atoms with Gasteiger partial charge in [-0.2, -0.15) is 15.6 Å². The maximum Gasteiger partial charge on any atom is 0.407 e. The molecule has 2 atom stereocenters. The number of H-pyrrole nitrogens is 1. The molecule has 1 aromatic heterocycles. The van der Waals surface area contributed by atoms with Gasteiger partial charge in [0.05, 0.1) is 40.9 Å². The van der Waals surface area contributed by atoms with Gasteiger partial charge in [-0.15, -0.1) is 0 Å². The molecule has 0 spiro atoms. The van der Waals surface area contributed by atoms with Gasteiger partial charge >= 0.3 is 6.09 Å². The zero-order chi connectivity index (χ0) is 20.5. The van der Waals surface area contributed by atoms with Crippen LogP contribution in [-0.2, 0) is 0 Å². The first kappa shape index (κ1) is 18.6. The second-order valence-electron chi connectivity index (χ2n) is 7.43. The summed E-state index contributed by atoms with van der Waals surface area (Å²) >= 11 is 0. The zero-order valence-corrected chi connectivity index (χ0v) is 15.9. The van der Waals surface area contributed by atoms with Crippen molar-refractivity contribution in [1.82, 2.24) is 20.4 Å². The molecule has 2 aliphatic heterocycles.